The minimum Gasteiger partial charge on any atom is -0.347 e. The Morgan fingerprint density at radius 2 is 2.14 bits per heavy atom. The summed E-state index contributed by atoms with van der Waals surface area (Å²) in [5, 5.41) is 3.47. The van der Waals surface area contributed by atoms with Gasteiger partial charge in [0, 0.05) is 24.5 Å². The van der Waals surface area contributed by atoms with Gasteiger partial charge >= 0.3 is 0 Å². The van der Waals surface area contributed by atoms with E-state index in [1.807, 2.05) is 6.20 Å². The fourth-order valence-corrected chi connectivity index (χ4v) is 1.35. The molecule has 3 nitrogen and oxygen atoms in total. The average Bonchev–Trinajstić information content (AvgIpc) is 2.63. The number of hydrogen-bond donors (Lipinski definition) is 2. The summed E-state index contributed by atoms with van der Waals surface area (Å²) in [6, 6.07) is 0.584. The first-order chi connectivity index (χ1) is 6.68. The number of rotatable bonds is 6. The van der Waals surface area contributed by atoms with Crippen LogP contribution in [0.4, 0.5) is 0 Å². The molecule has 0 saturated heterocycles. The lowest BCUT2D eigenvalue weighted by Crippen LogP contribution is -2.25. The number of nitrogens with zero attached hydrogens (tertiary/aromatic N) is 1. The van der Waals surface area contributed by atoms with E-state index in [1.165, 1.54) is 12.8 Å². The smallest absolute Gasteiger partial charge is 0.0922 e. The standard InChI is InChI=1S/C11H21N3/c1-9(2)4-5-10(3)13-7-11-6-12-8-14-11/h6,8-10,13H,4-5,7H2,1-3H3,(H,12,14). The van der Waals surface area contributed by atoms with Gasteiger partial charge in [0.15, 0.2) is 0 Å². The SMILES string of the molecule is CC(C)CCC(C)NCc1cnc[nH]1. The maximum Gasteiger partial charge on any atom is 0.0922 e. The molecular formula is C11H21N3. The molecule has 1 atom stereocenters. The average molecular weight is 195 g/mol. The topological polar surface area (TPSA) is 40.7 Å². The van der Waals surface area contributed by atoms with Crippen LogP contribution in [0.3, 0.4) is 0 Å². The molecule has 1 unspecified atom stereocenters. The number of nitrogens with one attached hydrogen (secondary N) is 2. The van der Waals surface area contributed by atoms with E-state index in [2.05, 4.69) is 36.1 Å². The van der Waals surface area contributed by atoms with Gasteiger partial charge in [0.05, 0.1) is 6.33 Å². The minimum absolute atomic E-state index is 0.584. The van der Waals surface area contributed by atoms with E-state index in [-0.39, 0.29) is 0 Å². The molecule has 1 heterocycles. The van der Waals surface area contributed by atoms with Crippen LogP contribution < -0.4 is 5.32 Å². The first kappa shape index (κ1) is 11.2. The second kappa shape index (κ2) is 5.81. The molecule has 0 aliphatic heterocycles. The molecule has 0 bridgehead atoms. The highest BCUT2D eigenvalue weighted by molar-refractivity contribution is 4.93. The molecule has 0 spiro atoms. The van der Waals surface area contributed by atoms with Crippen LogP contribution in [0.2, 0.25) is 0 Å². The minimum atomic E-state index is 0.584. The highest BCUT2D eigenvalue weighted by Crippen LogP contribution is 2.06. The van der Waals surface area contributed by atoms with Crippen molar-refractivity contribution in [2.24, 2.45) is 5.92 Å². The van der Waals surface area contributed by atoms with Crippen LogP contribution in [0.25, 0.3) is 0 Å². The Kier molecular flexibility index (Phi) is 4.66. The second-order valence-electron chi connectivity index (χ2n) is 4.33. The van der Waals surface area contributed by atoms with Crippen LogP contribution in [0.1, 0.15) is 39.3 Å². The van der Waals surface area contributed by atoms with Crippen molar-refractivity contribution in [2.75, 3.05) is 0 Å². The van der Waals surface area contributed by atoms with Gasteiger partial charge < -0.3 is 10.3 Å². The van der Waals surface area contributed by atoms with Gasteiger partial charge in [-0.3, -0.25) is 0 Å². The maximum absolute atomic E-state index is 3.98. The van der Waals surface area contributed by atoms with Crippen molar-refractivity contribution < 1.29 is 0 Å². The van der Waals surface area contributed by atoms with Crippen molar-refractivity contribution >= 4 is 0 Å². The molecule has 0 aromatic carbocycles. The first-order valence-corrected chi connectivity index (χ1v) is 5.39. The zero-order chi connectivity index (χ0) is 10.4. The van der Waals surface area contributed by atoms with Crippen LogP contribution in [0.15, 0.2) is 12.5 Å². The summed E-state index contributed by atoms with van der Waals surface area (Å²) in [5.41, 5.74) is 1.15. The Balaban J connectivity index is 2.12. The number of hydrogen-bond acceptors (Lipinski definition) is 2. The van der Waals surface area contributed by atoms with Gasteiger partial charge in [-0.2, -0.15) is 0 Å². The molecule has 1 rings (SSSR count). The van der Waals surface area contributed by atoms with Gasteiger partial charge in [-0.1, -0.05) is 13.8 Å². The van der Waals surface area contributed by atoms with E-state index < -0.39 is 0 Å². The van der Waals surface area contributed by atoms with Crippen molar-refractivity contribution in [1.29, 1.82) is 0 Å². The zero-order valence-electron chi connectivity index (χ0n) is 9.38. The molecule has 0 amide bonds. The van der Waals surface area contributed by atoms with E-state index in [4.69, 9.17) is 0 Å². The van der Waals surface area contributed by atoms with Gasteiger partial charge in [-0.05, 0) is 25.7 Å². The summed E-state index contributed by atoms with van der Waals surface area (Å²) >= 11 is 0. The Morgan fingerprint density at radius 1 is 1.36 bits per heavy atom. The van der Waals surface area contributed by atoms with E-state index in [9.17, 15) is 0 Å². The predicted octanol–water partition coefficient (Wildman–Crippen LogP) is 2.32. The molecule has 1 aromatic rings. The molecule has 0 saturated carbocycles. The predicted molar refractivity (Wildman–Crippen MR) is 59.0 cm³/mol. The maximum atomic E-state index is 3.98. The fourth-order valence-electron chi connectivity index (χ4n) is 1.35. The van der Waals surface area contributed by atoms with Gasteiger partial charge in [0.1, 0.15) is 0 Å². The number of aromatic amines is 1. The van der Waals surface area contributed by atoms with E-state index >= 15 is 0 Å². The third kappa shape index (κ3) is 4.42. The largest absolute Gasteiger partial charge is 0.347 e. The van der Waals surface area contributed by atoms with Gasteiger partial charge in [-0.15, -0.1) is 0 Å². The Morgan fingerprint density at radius 3 is 2.71 bits per heavy atom. The number of imidazole rings is 1. The van der Waals surface area contributed by atoms with Crippen molar-refractivity contribution in [2.45, 2.75) is 46.2 Å². The lowest BCUT2D eigenvalue weighted by molar-refractivity contribution is 0.449. The highest BCUT2D eigenvalue weighted by atomic mass is 14.9. The molecule has 0 aliphatic carbocycles. The van der Waals surface area contributed by atoms with Crippen molar-refractivity contribution in [1.82, 2.24) is 15.3 Å². The first-order valence-electron chi connectivity index (χ1n) is 5.39. The summed E-state index contributed by atoms with van der Waals surface area (Å²) < 4.78 is 0. The van der Waals surface area contributed by atoms with Crippen LogP contribution in [0, 0.1) is 5.92 Å². The van der Waals surface area contributed by atoms with Crippen LogP contribution in [-0.2, 0) is 6.54 Å². The van der Waals surface area contributed by atoms with Crippen LogP contribution in [-0.4, -0.2) is 16.0 Å². The molecule has 0 fully saturated rings. The van der Waals surface area contributed by atoms with Gasteiger partial charge in [0.2, 0.25) is 0 Å². The summed E-state index contributed by atoms with van der Waals surface area (Å²) in [6.45, 7) is 7.65. The normalized spacial score (nSPS) is 13.4. The van der Waals surface area contributed by atoms with E-state index in [1.54, 1.807) is 6.33 Å². The van der Waals surface area contributed by atoms with Crippen molar-refractivity contribution in [3.05, 3.63) is 18.2 Å². The fraction of sp³-hybridized carbons (Fsp3) is 0.727. The lowest BCUT2D eigenvalue weighted by Gasteiger charge is -2.14. The summed E-state index contributed by atoms with van der Waals surface area (Å²) in [6.07, 6.45) is 6.11. The molecule has 14 heavy (non-hydrogen) atoms. The van der Waals surface area contributed by atoms with Crippen LogP contribution in [0.5, 0.6) is 0 Å². The molecule has 0 aliphatic rings. The zero-order valence-corrected chi connectivity index (χ0v) is 9.38. The Hall–Kier alpha value is -0.830. The summed E-state index contributed by atoms with van der Waals surface area (Å²) in [5.74, 6) is 0.798. The van der Waals surface area contributed by atoms with Gasteiger partial charge in [-0.25, -0.2) is 4.98 Å². The van der Waals surface area contributed by atoms with Crippen molar-refractivity contribution in [3.8, 4) is 0 Å². The highest BCUT2D eigenvalue weighted by Gasteiger charge is 2.03. The second-order valence-corrected chi connectivity index (χ2v) is 4.33. The molecule has 2 N–H and O–H groups in total. The van der Waals surface area contributed by atoms with E-state index in [0.717, 1.165) is 18.2 Å². The monoisotopic (exact) mass is 195 g/mol. The third-order valence-corrected chi connectivity index (χ3v) is 2.37. The molecule has 3 heteroatoms. The summed E-state index contributed by atoms with van der Waals surface area (Å²) in [7, 11) is 0. The van der Waals surface area contributed by atoms with Crippen molar-refractivity contribution in [3.63, 3.8) is 0 Å². The molecule has 1 aromatic heterocycles. The number of aromatic nitrogens is 2. The number of H-pyrrole nitrogens is 1. The summed E-state index contributed by atoms with van der Waals surface area (Å²) in [4.78, 5) is 7.06. The molecular weight excluding hydrogens is 174 g/mol. The quantitative estimate of drug-likeness (QED) is 0.731. The van der Waals surface area contributed by atoms with Gasteiger partial charge in [0.25, 0.3) is 0 Å². The Bertz CT molecular complexity index is 229. The Labute approximate surface area is 86.3 Å². The molecule has 0 radical (unpaired) electrons. The van der Waals surface area contributed by atoms with Crippen LogP contribution >= 0.6 is 0 Å². The molecule has 80 valence electrons. The van der Waals surface area contributed by atoms with E-state index in [0.29, 0.717) is 6.04 Å². The lowest BCUT2D eigenvalue weighted by atomic mass is 10.0. The third-order valence-electron chi connectivity index (χ3n) is 2.37.